The highest BCUT2D eigenvalue weighted by molar-refractivity contribution is 5.86. The molecule has 116 valence electrons. The monoisotopic (exact) mass is 310 g/mol. The first-order valence-electron chi connectivity index (χ1n) is 6.92. The van der Waals surface area contributed by atoms with Crippen LogP contribution in [0.4, 0.5) is 0 Å². The van der Waals surface area contributed by atoms with Crippen molar-refractivity contribution in [2.75, 3.05) is 6.61 Å². The third kappa shape index (κ3) is 2.89. The lowest BCUT2D eigenvalue weighted by molar-refractivity contribution is 0.360. The van der Waals surface area contributed by atoms with Crippen molar-refractivity contribution in [3.05, 3.63) is 65.3 Å². The maximum Gasteiger partial charge on any atom is 0.197 e. The van der Waals surface area contributed by atoms with Gasteiger partial charge >= 0.3 is 0 Å². The molecule has 1 heterocycles. The predicted molar refractivity (Wildman–Crippen MR) is 86.9 cm³/mol. The van der Waals surface area contributed by atoms with Crippen LogP contribution in [0.2, 0.25) is 0 Å². The van der Waals surface area contributed by atoms with E-state index in [0.29, 0.717) is 17.1 Å². The number of benzene rings is 2. The highest BCUT2D eigenvalue weighted by Crippen LogP contribution is 2.31. The molecule has 3 rings (SSSR count). The first-order chi connectivity index (χ1) is 11.1. The summed E-state index contributed by atoms with van der Waals surface area (Å²) in [6, 6.07) is 10.5. The molecule has 2 N–H and O–H groups in total. The van der Waals surface area contributed by atoms with Gasteiger partial charge in [-0.1, -0.05) is 12.7 Å². The van der Waals surface area contributed by atoms with E-state index in [2.05, 4.69) is 6.58 Å². The van der Waals surface area contributed by atoms with Gasteiger partial charge in [-0.3, -0.25) is 4.79 Å². The molecule has 0 fully saturated rings. The molecule has 0 bridgehead atoms. The molecule has 0 saturated heterocycles. The molecule has 0 spiro atoms. The van der Waals surface area contributed by atoms with Gasteiger partial charge in [-0.05, 0) is 24.3 Å². The minimum absolute atomic E-state index is 0.0958. The summed E-state index contributed by atoms with van der Waals surface area (Å²) in [7, 11) is 0. The highest BCUT2D eigenvalue weighted by atomic mass is 16.5. The number of aromatic hydroxyl groups is 2. The van der Waals surface area contributed by atoms with Crippen molar-refractivity contribution in [2.45, 2.75) is 0 Å². The third-order valence-electron chi connectivity index (χ3n) is 3.30. The van der Waals surface area contributed by atoms with Gasteiger partial charge in [0.2, 0.25) is 0 Å². The Labute approximate surface area is 131 Å². The molecule has 0 saturated carbocycles. The molecule has 0 radical (unpaired) electrons. The number of hydrogen-bond acceptors (Lipinski definition) is 5. The lowest BCUT2D eigenvalue weighted by atomic mass is 10.1. The van der Waals surface area contributed by atoms with Crippen LogP contribution in [0.3, 0.4) is 0 Å². The van der Waals surface area contributed by atoms with Gasteiger partial charge in [0, 0.05) is 23.8 Å². The molecule has 5 nitrogen and oxygen atoms in total. The number of hydrogen-bond donors (Lipinski definition) is 2. The summed E-state index contributed by atoms with van der Waals surface area (Å²) in [4.78, 5) is 12.3. The third-order valence-corrected chi connectivity index (χ3v) is 3.30. The summed E-state index contributed by atoms with van der Waals surface area (Å²) in [5.41, 5.74) is 0.500. The average Bonchev–Trinajstić information content (AvgIpc) is 2.52. The maximum atomic E-state index is 12.3. The molecule has 0 aliphatic carbocycles. The van der Waals surface area contributed by atoms with Crippen LogP contribution in [0, 0.1) is 0 Å². The van der Waals surface area contributed by atoms with Crippen LogP contribution in [0.15, 0.2) is 64.3 Å². The Morgan fingerprint density at radius 1 is 1.13 bits per heavy atom. The molecular weight excluding hydrogens is 296 g/mol. The molecule has 2 aromatic carbocycles. The number of ether oxygens (including phenoxy) is 1. The average molecular weight is 310 g/mol. The second-order valence-electron chi connectivity index (χ2n) is 4.94. The van der Waals surface area contributed by atoms with Gasteiger partial charge in [0.05, 0.1) is 0 Å². The molecule has 0 atom stereocenters. The Hall–Kier alpha value is -3.21. The van der Waals surface area contributed by atoms with Crippen molar-refractivity contribution in [1.82, 2.24) is 0 Å². The van der Waals surface area contributed by atoms with E-state index in [-0.39, 0.29) is 34.5 Å². The zero-order valence-corrected chi connectivity index (χ0v) is 12.2. The fraction of sp³-hybridized carbons (Fsp3) is 0.0556. The number of rotatable bonds is 4. The minimum Gasteiger partial charge on any atom is -0.508 e. The number of phenols is 2. The zero-order chi connectivity index (χ0) is 16.4. The standard InChI is InChI=1S/C18H14O5/c1-2-7-22-13-8-14(20)18-15(21)10-16(23-17(18)9-13)11-3-5-12(19)6-4-11/h2-6,8-10,19-20H,1,7H2. The molecule has 23 heavy (non-hydrogen) atoms. The topological polar surface area (TPSA) is 79.9 Å². The van der Waals surface area contributed by atoms with Gasteiger partial charge in [0.15, 0.2) is 5.43 Å². The SMILES string of the molecule is C=CCOc1cc(O)c2c(=O)cc(-c3ccc(O)cc3)oc2c1. The van der Waals surface area contributed by atoms with Crippen molar-refractivity contribution >= 4 is 11.0 Å². The Morgan fingerprint density at radius 2 is 1.87 bits per heavy atom. The van der Waals surface area contributed by atoms with Gasteiger partial charge in [-0.25, -0.2) is 0 Å². The van der Waals surface area contributed by atoms with E-state index in [1.165, 1.54) is 24.3 Å². The molecule has 0 aliphatic rings. The second-order valence-corrected chi connectivity index (χ2v) is 4.94. The second kappa shape index (κ2) is 5.88. The predicted octanol–water partition coefficient (Wildman–Crippen LogP) is 3.44. The molecule has 5 heteroatoms. The number of fused-ring (bicyclic) bond motifs is 1. The van der Waals surface area contributed by atoms with Crippen LogP contribution >= 0.6 is 0 Å². The molecule has 0 unspecified atom stereocenters. The number of phenolic OH excluding ortho intramolecular Hbond substituents is 2. The quantitative estimate of drug-likeness (QED) is 0.722. The normalized spacial score (nSPS) is 10.6. The van der Waals surface area contributed by atoms with Gasteiger partial charge < -0.3 is 19.4 Å². The van der Waals surface area contributed by atoms with Gasteiger partial charge in [0.1, 0.15) is 40.6 Å². The lowest BCUT2D eigenvalue weighted by Gasteiger charge is -2.08. The van der Waals surface area contributed by atoms with Crippen molar-refractivity contribution in [2.24, 2.45) is 0 Å². The molecule has 1 aromatic heterocycles. The van der Waals surface area contributed by atoms with E-state index in [0.717, 1.165) is 0 Å². The van der Waals surface area contributed by atoms with Crippen molar-refractivity contribution in [3.63, 3.8) is 0 Å². The Morgan fingerprint density at radius 3 is 2.57 bits per heavy atom. The molecule has 0 aliphatic heterocycles. The maximum absolute atomic E-state index is 12.3. The summed E-state index contributed by atoms with van der Waals surface area (Å²) in [5, 5.41) is 19.5. The summed E-state index contributed by atoms with van der Waals surface area (Å²) in [6.07, 6.45) is 1.57. The lowest BCUT2D eigenvalue weighted by Crippen LogP contribution is -2.01. The Bertz CT molecular complexity index is 923. The van der Waals surface area contributed by atoms with E-state index < -0.39 is 0 Å². The first-order valence-corrected chi connectivity index (χ1v) is 6.92. The van der Waals surface area contributed by atoms with Crippen molar-refractivity contribution in [3.8, 4) is 28.6 Å². The molecular formula is C18H14O5. The smallest absolute Gasteiger partial charge is 0.197 e. The summed E-state index contributed by atoms with van der Waals surface area (Å²) < 4.78 is 11.1. The van der Waals surface area contributed by atoms with Gasteiger partial charge in [-0.15, -0.1) is 0 Å². The fourth-order valence-corrected chi connectivity index (χ4v) is 2.25. The van der Waals surface area contributed by atoms with E-state index in [9.17, 15) is 15.0 Å². The van der Waals surface area contributed by atoms with E-state index in [1.807, 2.05) is 0 Å². The van der Waals surface area contributed by atoms with Crippen molar-refractivity contribution in [1.29, 1.82) is 0 Å². The zero-order valence-electron chi connectivity index (χ0n) is 12.2. The fourth-order valence-electron chi connectivity index (χ4n) is 2.25. The van der Waals surface area contributed by atoms with Crippen LogP contribution in [-0.4, -0.2) is 16.8 Å². The summed E-state index contributed by atoms with van der Waals surface area (Å²) in [6.45, 7) is 3.82. The van der Waals surface area contributed by atoms with Crippen LogP contribution in [0.1, 0.15) is 0 Å². The van der Waals surface area contributed by atoms with E-state index in [4.69, 9.17) is 9.15 Å². The van der Waals surface area contributed by atoms with Crippen LogP contribution in [-0.2, 0) is 0 Å². The van der Waals surface area contributed by atoms with Crippen LogP contribution in [0.5, 0.6) is 17.2 Å². The van der Waals surface area contributed by atoms with Gasteiger partial charge in [-0.2, -0.15) is 0 Å². The van der Waals surface area contributed by atoms with E-state index in [1.54, 1.807) is 24.3 Å². The highest BCUT2D eigenvalue weighted by Gasteiger charge is 2.12. The van der Waals surface area contributed by atoms with Gasteiger partial charge in [0.25, 0.3) is 0 Å². The Balaban J connectivity index is 2.17. The Kier molecular flexibility index (Phi) is 3.76. The van der Waals surface area contributed by atoms with Crippen LogP contribution < -0.4 is 10.2 Å². The molecule has 0 amide bonds. The van der Waals surface area contributed by atoms with Crippen molar-refractivity contribution < 1.29 is 19.4 Å². The van der Waals surface area contributed by atoms with E-state index >= 15 is 0 Å². The van der Waals surface area contributed by atoms with Crippen LogP contribution in [0.25, 0.3) is 22.3 Å². The molecule has 3 aromatic rings. The summed E-state index contributed by atoms with van der Waals surface area (Å²) in [5.74, 6) is 0.630. The summed E-state index contributed by atoms with van der Waals surface area (Å²) >= 11 is 0. The minimum atomic E-state index is -0.359. The largest absolute Gasteiger partial charge is 0.508 e. The first kappa shape index (κ1) is 14.7.